The molecule has 1 saturated carbocycles. The van der Waals surface area contributed by atoms with Crippen LogP contribution in [0.25, 0.3) is 0 Å². The standard InChI is InChI=1S/C24H27Cl2FN2O2/c1-16(24(31)28-19-6-3-2-4-7-19)29(15-20-21(25)8-5-9-22(20)26)23(30)14-17-10-12-18(27)13-11-17/h5,8-13,16,19H,2-4,6-7,14-15H2,1H3,(H,28,31)/t16-/m1/s1. The van der Waals surface area contributed by atoms with Gasteiger partial charge in [-0.3, -0.25) is 9.59 Å². The molecular weight excluding hydrogens is 438 g/mol. The summed E-state index contributed by atoms with van der Waals surface area (Å²) in [6.07, 6.45) is 5.35. The largest absolute Gasteiger partial charge is 0.352 e. The first-order valence-electron chi connectivity index (χ1n) is 10.6. The Hall–Kier alpha value is -2.11. The Morgan fingerprint density at radius 1 is 1.06 bits per heavy atom. The average Bonchev–Trinajstić information content (AvgIpc) is 2.75. The highest BCUT2D eigenvalue weighted by Gasteiger charge is 2.29. The van der Waals surface area contributed by atoms with Crippen LogP contribution >= 0.6 is 23.2 Å². The second-order valence-electron chi connectivity index (χ2n) is 8.04. The zero-order valence-corrected chi connectivity index (χ0v) is 19.1. The number of hydrogen-bond donors (Lipinski definition) is 1. The molecule has 7 heteroatoms. The molecule has 1 fully saturated rings. The van der Waals surface area contributed by atoms with Crippen LogP contribution < -0.4 is 5.32 Å². The molecule has 0 unspecified atom stereocenters. The molecule has 0 radical (unpaired) electrons. The van der Waals surface area contributed by atoms with Gasteiger partial charge in [0.1, 0.15) is 11.9 Å². The lowest BCUT2D eigenvalue weighted by atomic mass is 9.95. The molecule has 0 heterocycles. The smallest absolute Gasteiger partial charge is 0.242 e. The molecule has 0 bridgehead atoms. The minimum absolute atomic E-state index is 0.0450. The van der Waals surface area contributed by atoms with E-state index in [-0.39, 0.29) is 36.6 Å². The minimum Gasteiger partial charge on any atom is -0.352 e. The maximum Gasteiger partial charge on any atom is 0.242 e. The zero-order chi connectivity index (χ0) is 22.4. The van der Waals surface area contributed by atoms with E-state index in [2.05, 4.69) is 5.32 Å². The van der Waals surface area contributed by atoms with Gasteiger partial charge in [-0.05, 0) is 49.6 Å². The topological polar surface area (TPSA) is 49.4 Å². The summed E-state index contributed by atoms with van der Waals surface area (Å²) in [5, 5.41) is 3.97. The molecule has 2 amide bonds. The van der Waals surface area contributed by atoms with Crippen molar-refractivity contribution in [2.75, 3.05) is 0 Å². The number of amides is 2. The number of nitrogens with zero attached hydrogens (tertiary/aromatic N) is 1. The van der Waals surface area contributed by atoms with Crippen molar-refractivity contribution in [2.24, 2.45) is 0 Å². The molecule has 3 rings (SSSR count). The van der Waals surface area contributed by atoms with Crippen molar-refractivity contribution in [1.82, 2.24) is 10.2 Å². The van der Waals surface area contributed by atoms with Crippen molar-refractivity contribution >= 4 is 35.0 Å². The molecule has 0 aliphatic heterocycles. The normalized spacial score (nSPS) is 15.4. The first-order chi connectivity index (χ1) is 14.8. The van der Waals surface area contributed by atoms with Gasteiger partial charge in [-0.2, -0.15) is 0 Å². The van der Waals surface area contributed by atoms with Gasteiger partial charge in [0.25, 0.3) is 0 Å². The average molecular weight is 465 g/mol. The Morgan fingerprint density at radius 3 is 2.29 bits per heavy atom. The maximum absolute atomic E-state index is 13.2. The van der Waals surface area contributed by atoms with Crippen molar-refractivity contribution in [2.45, 2.75) is 64.1 Å². The number of halogens is 3. The predicted molar refractivity (Wildman–Crippen MR) is 122 cm³/mol. The van der Waals surface area contributed by atoms with Gasteiger partial charge in [-0.25, -0.2) is 4.39 Å². The fraction of sp³-hybridized carbons (Fsp3) is 0.417. The molecule has 4 nitrogen and oxygen atoms in total. The van der Waals surface area contributed by atoms with E-state index in [0.29, 0.717) is 21.2 Å². The van der Waals surface area contributed by atoms with Crippen LogP contribution in [0.2, 0.25) is 10.0 Å². The van der Waals surface area contributed by atoms with E-state index in [4.69, 9.17) is 23.2 Å². The molecule has 31 heavy (non-hydrogen) atoms. The van der Waals surface area contributed by atoms with Crippen LogP contribution in [0.5, 0.6) is 0 Å². The third kappa shape index (κ3) is 6.44. The maximum atomic E-state index is 13.2. The van der Waals surface area contributed by atoms with Crippen molar-refractivity contribution in [3.8, 4) is 0 Å². The van der Waals surface area contributed by atoms with E-state index < -0.39 is 6.04 Å². The summed E-state index contributed by atoms with van der Waals surface area (Å²) < 4.78 is 13.2. The van der Waals surface area contributed by atoms with Gasteiger partial charge in [0, 0.05) is 28.2 Å². The Kier molecular flexibility index (Phi) is 8.33. The highest BCUT2D eigenvalue weighted by molar-refractivity contribution is 6.36. The molecule has 1 aliphatic carbocycles. The zero-order valence-electron chi connectivity index (χ0n) is 17.5. The number of nitrogens with one attached hydrogen (secondary N) is 1. The Bertz CT molecular complexity index is 894. The van der Waals surface area contributed by atoms with Gasteiger partial charge in [-0.15, -0.1) is 0 Å². The molecule has 0 saturated heterocycles. The van der Waals surface area contributed by atoms with Crippen molar-refractivity contribution in [3.63, 3.8) is 0 Å². The molecule has 1 atom stereocenters. The van der Waals surface area contributed by atoms with Gasteiger partial charge in [-0.1, -0.05) is 60.7 Å². The van der Waals surface area contributed by atoms with Gasteiger partial charge in [0.05, 0.1) is 6.42 Å². The third-order valence-electron chi connectivity index (χ3n) is 5.78. The lowest BCUT2D eigenvalue weighted by Crippen LogP contribution is -2.50. The predicted octanol–water partition coefficient (Wildman–Crippen LogP) is 5.54. The highest BCUT2D eigenvalue weighted by atomic mass is 35.5. The van der Waals surface area contributed by atoms with Gasteiger partial charge in [0.15, 0.2) is 0 Å². The van der Waals surface area contributed by atoms with E-state index in [1.54, 1.807) is 37.3 Å². The number of carbonyl (C=O) groups is 2. The Morgan fingerprint density at radius 2 is 1.68 bits per heavy atom. The molecular formula is C24H27Cl2FN2O2. The quantitative estimate of drug-likeness (QED) is 0.584. The second kappa shape index (κ2) is 11.0. The van der Waals surface area contributed by atoms with Crippen molar-refractivity contribution < 1.29 is 14.0 Å². The van der Waals surface area contributed by atoms with E-state index >= 15 is 0 Å². The number of rotatable bonds is 7. The Labute approximate surface area is 192 Å². The molecule has 0 aromatic heterocycles. The van der Waals surface area contributed by atoms with Crippen LogP contribution in [-0.4, -0.2) is 28.8 Å². The summed E-state index contributed by atoms with van der Waals surface area (Å²) in [6, 6.07) is 10.4. The van der Waals surface area contributed by atoms with E-state index in [1.807, 2.05) is 0 Å². The lowest BCUT2D eigenvalue weighted by molar-refractivity contribution is -0.140. The van der Waals surface area contributed by atoms with Crippen LogP contribution in [0.4, 0.5) is 4.39 Å². The summed E-state index contributed by atoms with van der Waals surface area (Å²) in [6.45, 7) is 1.82. The summed E-state index contributed by atoms with van der Waals surface area (Å²) in [5.74, 6) is -0.812. The van der Waals surface area contributed by atoms with Crippen LogP contribution in [0.1, 0.15) is 50.2 Å². The van der Waals surface area contributed by atoms with Gasteiger partial charge >= 0.3 is 0 Å². The molecule has 1 aliphatic rings. The first kappa shape index (κ1) is 23.6. The fourth-order valence-electron chi connectivity index (χ4n) is 3.88. The molecule has 2 aromatic rings. The monoisotopic (exact) mass is 464 g/mol. The summed E-state index contributed by atoms with van der Waals surface area (Å²) in [5.41, 5.74) is 1.26. The SMILES string of the molecule is C[C@H](C(=O)NC1CCCCC1)N(Cc1c(Cl)cccc1Cl)C(=O)Cc1ccc(F)cc1. The van der Waals surface area contributed by atoms with Crippen molar-refractivity contribution in [3.05, 3.63) is 69.5 Å². The van der Waals surface area contributed by atoms with E-state index in [9.17, 15) is 14.0 Å². The van der Waals surface area contributed by atoms with E-state index in [0.717, 1.165) is 25.7 Å². The van der Waals surface area contributed by atoms with Gasteiger partial charge in [0.2, 0.25) is 11.8 Å². The first-order valence-corrected chi connectivity index (χ1v) is 11.4. The summed E-state index contributed by atoms with van der Waals surface area (Å²) >= 11 is 12.7. The second-order valence-corrected chi connectivity index (χ2v) is 8.86. The van der Waals surface area contributed by atoms with Crippen molar-refractivity contribution in [1.29, 1.82) is 0 Å². The minimum atomic E-state index is -0.706. The molecule has 2 aromatic carbocycles. The van der Waals surface area contributed by atoms with Crippen LogP contribution in [0, 0.1) is 5.82 Å². The molecule has 166 valence electrons. The highest BCUT2D eigenvalue weighted by Crippen LogP contribution is 2.27. The number of benzene rings is 2. The fourth-order valence-corrected chi connectivity index (χ4v) is 4.40. The lowest BCUT2D eigenvalue weighted by Gasteiger charge is -2.31. The van der Waals surface area contributed by atoms with Crippen LogP contribution in [0.3, 0.4) is 0 Å². The van der Waals surface area contributed by atoms with E-state index in [1.165, 1.54) is 23.5 Å². The third-order valence-corrected chi connectivity index (χ3v) is 6.49. The molecule has 1 N–H and O–H groups in total. The summed E-state index contributed by atoms with van der Waals surface area (Å²) in [7, 11) is 0. The number of hydrogen-bond acceptors (Lipinski definition) is 2. The Balaban J connectivity index is 1.80. The molecule has 0 spiro atoms. The summed E-state index contributed by atoms with van der Waals surface area (Å²) in [4.78, 5) is 27.7. The van der Waals surface area contributed by atoms with Crippen LogP contribution in [0.15, 0.2) is 42.5 Å². The van der Waals surface area contributed by atoms with Gasteiger partial charge < -0.3 is 10.2 Å². The van der Waals surface area contributed by atoms with Crippen LogP contribution in [-0.2, 0) is 22.6 Å². The number of carbonyl (C=O) groups excluding carboxylic acids is 2.